The van der Waals surface area contributed by atoms with Crippen LogP contribution in [0.2, 0.25) is 0 Å². The number of methoxy groups -OCH3 is 2. The van der Waals surface area contributed by atoms with Gasteiger partial charge in [0.1, 0.15) is 0 Å². The first kappa shape index (κ1) is 15.1. The lowest BCUT2D eigenvalue weighted by atomic mass is 9.83. The molecule has 4 rings (SSSR count). The van der Waals surface area contributed by atoms with E-state index in [4.69, 9.17) is 9.47 Å². The van der Waals surface area contributed by atoms with Gasteiger partial charge >= 0.3 is 0 Å². The maximum Gasteiger partial charge on any atom is 0.160 e. The molecule has 0 bridgehead atoms. The number of rotatable bonds is 2. The molecule has 1 unspecified atom stereocenters. The molecular weight excluding hydrogens is 306 g/mol. The lowest BCUT2D eigenvalue weighted by Crippen LogP contribution is -2.39. The number of benzene rings is 2. The van der Waals surface area contributed by atoms with Crippen molar-refractivity contribution in [3.05, 3.63) is 46.5 Å². The van der Waals surface area contributed by atoms with Crippen LogP contribution in [0.4, 0.5) is 0 Å². The zero-order valence-corrected chi connectivity index (χ0v) is 13.9. The molecule has 2 aliphatic heterocycles. The molecule has 0 aliphatic carbocycles. The van der Waals surface area contributed by atoms with Gasteiger partial charge in [0.05, 0.1) is 14.2 Å². The number of phenolic OH excluding ortho intramolecular Hbond substituents is 2. The van der Waals surface area contributed by atoms with E-state index in [0.29, 0.717) is 11.5 Å². The molecule has 0 fully saturated rings. The van der Waals surface area contributed by atoms with E-state index in [-0.39, 0.29) is 17.5 Å². The second-order valence-corrected chi connectivity index (χ2v) is 6.46. The van der Waals surface area contributed by atoms with Gasteiger partial charge in [-0.15, -0.1) is 0 Å². The first-order valence-corrected chi connectivity index (χ1v) is 8.13. The van der Waals surface area contributed by atoms with Crippen molar-refractivity contribution in [2.45, 2.75) is 25.4 Å². The highest BCUT2D eigenvalue weighted by Gasteiger charge is 2.33. The maximum absolute atomic E-state index is 10.1. The summed E-state index contributed by atoms with van der Waals surface area (Å²) in [5.74, 6) is 1.42. The molecule has 0 aromatic heterocycles. The number of nitrogens with zero attached hydrogens (tertiary/aromatic N) is 1. The van der Waals surface area contributed by atoms with Crippen LogP contribution in [-0.2, 0) is 19.4 Å². The van der Waals surface area contributed by atoms with Crippen molar-refractivity contribution in [3.8, 4) is 23.0 Å². The number of aromatic hydroxyl groups is 2. The highest BCUT2D eigenvalue weighted by atomic mass is 16.5. The van der Waals surface area contributed by atoms with Crippen LogP contribution in [0, 0.1) is 0 Å². The Morgan fingerprint density at radius 3 is 2.29 bits per heavy atom. The normalized spacial score (nSPS) is 19.2. The van der Waals surface area contributed by atoms with Gasteiger partial charge in [-0.25, -0.2) is 0 Å². The molecule has 2 aromatic rings. The zero-order valence-electron chi connectivity index (χ0n) is 13.9. The molecule has 5 nitrogen and oxygen atoms in total. The van der Waals surface area contributed by atoms with E-state index in [1.807, 2.05) is 24.3 Å². The van der Waals surface area contributed by atoms with Gasteiger partial charge in [-0.2, -0.15) is 0 Å². The van der Waals surface area contributed by atoms with Crippen molar-refractivity contribution in [1.82, 2.24) is 4.90 Å². The van der Waals surface area contributed by atoms with Crippen LogP contribution < -0.4 is 9.47 Å². The van der Waals surface area contributed by atoms with Crippen LogP contribution in [0.1, 0.15) is 28.3 Å². The Balaban J connectivity index is 1.76. The second kappa shape index (κ2) is 5.60. The Labute approximate surface area is 141 Å². The Hall–Kier alpha value is -2.40. The van der Waals surface area contributed by atoms with Crippen LogP contribution in [0.15, 0.2) is 24.3 Å². The molecule has 0 spiro atoms. The maximum atomic E-state index is 10.1. The Bertz CT molecular complexity index is 802. The van der Waals surface area contributed by atoms with Crippen molar-refractivity contribution in [1.29, 1.82) is 0 Å². The molecule has 0 saturated carbocycles. The third kappa shape index (κ3) is 2.27. The fraction of sp³-hybridized carbons (Fsp3) is 0.368. The summed E-state index contributed by atoms with van der Waals surface area (Å²) in [4.78, 5) is 2.44. The summed E-state index contributed by atoms with van der Waals surface area (Å²) < 4.78 is 10.5. The molecule has 5 heteroatoms. The van der Waals surface area contributed by atoms with E-state index >= 15 is 0 Å². The van der Waals surface area contributed by atoms with Gasteiger partial charge in [0.15, 0.2) is 23.0 Å². The topological polar surface area (TPSA) is 62.2 Å². The van der Waals surface area contributed by atoms with E-state index < -0.39 is 0 Å². The van der Waals surface area contributed by atoms with E-state index in [1.54, 1.807) is 14.2 Å². The molecule has 2 heterocycles. The van der Waals surface area contributed by atoms with Crippen LogP contribution in [0.3, 0.4) is 0 Å². The molecule has 2 aliphatic rings. The summed E-state index contributed by atoms with van der Waals surface area (Å²) in [5.41, 5.74) is 4.73. The minimum absolute atomic E-state index is 0.184. The molecule has 2 aromatic carbocycles. The highest BCUT2D eigenvalue weighted by molar-refractivity contribution is 5.52. The molecule has 0 saturated heterocycles. The minimum atomic E-state index is 0.184. The molecule has 2 N–H and O–H groups in total. The Kier molecular flexibility index (Phi) is 3.53. The minimum Gasteiger partial charge on any atom is -0.504 e. The molecule has 0 amide bonds. The summed E-state index contributed by atoms with van der Waals surface area (Å²) >= 11 is 0. The summed E-state index contributed by atoms with van der Waals surface area (Å²) in [7, 11) is 3.14. The number of ether oxygens (including phenoxy) is 2. The molecule has 0 radical (unpaired) electrons. The third-order valence-electron chi connectivity index (χ3n) is 5.20. The summed E-state index contributed by atoms with van der Waals surface area (Å²) in [6.45, 7) is 1.78. The average molecular weight is 327 g/mol. The van der Waals surface area contributed by atoms with Crippen LogP contribution >= 0.6 is 0 Å². The van der Waals surface area contributed by atoms with Gasteiger partial charge in [0, 0.05) is 19.1 Å². The highest BCUT2D eigenvalue weighted by Crippen LogP contribution is 2.43. The van der Waals surface area contributed by atoms with Gasteiger partial charge in [-0.05, 0) is 59.4 Å². The van der Waals surface area contributed by atoms with E-state index in [2.05, 4.69) is 4.90 Å². The summed E-state index contributed by atoms with van der Waals surface area (Å²) in [6, 6.07) is 7.77. The van der Waals surface area contributed by atoms with Crippen LogP contribution in [-0.4, -0.2) is 35.9 Å². The van der Waals surface area contributed by atoms with Crippen molar-refractivity contribution in [2.75, 3.05) is 20.8 Å². The summed E-state index contributed by atoms with van der Waals surface area (Å²) in [5, 5.41) is 20.1. The Morgan fingerprint density at radius 1 is 0.917 bits per heavy atom. The first-order chi connectivity index (χ1) is 11.6. The van der Waals surface area contributed by atoms with E-state index in [1.165, 1.54) is 16.7 Å². The predicted molar refractivity (Wildman–Crippen MR) is 89.9 cm³/mol. The largest absolute Gasteiger partial charge is 0.504 e. The fourth-order valence-corrected chi connectivity index (χ4v) is 3.94. The van der Waals surface area contributed by atoms with Gasteiger partial charge in [0.2, 0.25) is 0 Å². The number of hydrogen-bond acceptors (Lipinski definition) is 5. The molecule has 1 atom stereocenters. The second-order valence-electron chi connectivity index (χ2n) is 6.46. The number of hydrogen-bond donors (Lipinski definition) is 2. The molecule has 126 valence electrons. The molecular formula is C19H21NO4. The van der Waals surface area contributed by atoms with Crippen molar-refractivity contribution >= 4 is 0 Å². The van der Waals surface area contributed by atoms with Crippen LogP contribution in [0.5, 0.6) is 23.0 Å². The number of fused-ring (bicyclic) bond motifs is 4. The lowest BCUT2D eigenvalue weighted by Gasteiger charge is -2.41. The summed E-state index contributed by atoms with van der Waals surface area (Å²) in [6.07, 6.45) is 1.74. The molecule has 24 heavy (non-hydrogen) atoms. The van der Waals surface area contributed by atoms with E-state index in [0.717, 1.165) is 31.5 Å². The standard InChI is InChI=1S/C19H21NO4/c1-23-18-8-13-10-20-4-3-11-6-16(21)19(24-2)9-14(11)15(20)5-12(13)7-17(18)22/h6-9,15,21-22H,3-5,10H2,1-2H3. The van der Waals surface area contributed by atoms with Crippen molar-refractivity contribution < 1.29 is 19.7 Å². The smallest absolute Gasteiger partial charge is 0.160 e. The van der Waals surface area contributed by atoms with Gasteiger partial charge in [-0.1, -0.05) is 0 Å². The van der Waals surface area contributed by atoms with Crippen molar-refractivity contribution in [3.63, 3.8) is 0 Å². The Morgan fingerprint density at radius 2 is 1.58 bits per heavy atom. The average Bonchev–Trinajstić information content (AvgIpc) is 2.59. The van der Waals surface area contributed by atoms with E-state index in [9.17, 15) is 10.2 Å². The monoisotopic (exact) mass is 327 g/mol. The van der Waals surface area contributed by atoms with Gasteiger partial charge in [0.25, 0.3) is 0 Å². The lowest BCUT2D eigenvalue weighted by molar-refractivity contribution is 0.160. The van der Waals surface area contributed by atoms with Gasteiger partial charge in [-0.3, -0.25) is 4.90 Å². The van der Waals surface area contributed by atoms with Gasteiger partial charge < -0.3 is 19.7 Å². The number of phenols is 2. The van der Waals surface area contributed by atoms with Crippen LogP contribution in [0.25, 0.3) is 0 Å². The fourth-order valence-electron chi connectivity index (χ4n) is 3.94. The first-order valence-electron chi connectivity index (χ1n) is 8.13. The third-order valence-corrected chi connectivity index (χ3v) is 5.20. The quantitative estimate of drug-likeness (QED) is 0.888. The van der Waals surface area contributed by atoms with Crippen molar-refractivity contribution in [2.24, 2.45) is 0 Å². The predicted octanol–water partition coefficient (Wildman–Crippen LogP) is 2.77. The zero-order chi connectivity index (χ0) is 16.8. The SMILES string of the molecule is COc1cc2c(cc1O)CC1c3cc(OC)c(O)cc3CCN1C2.